The van der Waals surface area contributed by atoms with Crippen LogP contribution in [0.15, 0.2) is 18.2 Å². The fourth-order valence-electron chi connectivity index (χ4n) is 1.97. The minimum absolute atomic E-state index is 0.263. The van der Waals surface area contributed by atoms with E-state index < -0.39 is 16.4 Å². The van der Waals surface area contributed by atoms with Gasteiger partial charge in [-0.25, -0.2) is 0 Å². The number of para-hydroxylation sites is 1. The number of unbranched alkanes of at least 4 members (excludes halogenated alkanes) is 5. The average Bonchev–Trinajstić information content (AvgIpc) is 2.37. The van der Waals surface area contributed by atoms with Gasteiger partial charge >= 0.3 is 5.69 Å². The van der Waals surface area contributed by atoms with Crippen LogP contribution in [0.1, 0.15) is 45.4 Å². The zero-order valence-electron chi connectivity index (χ0n) is 11.3. The standard InChI is InChI=1S/C14H21FN2O2/c1-2-3-4-5-6-7-11-16-13-10-8-9-12(15)14(13)17(18)19/h8-10,16H,2-7,11H2,1H3. The van der Waals surface area contributed by atoms with Crippen LogP contribution in [0.25, 0.3) is 0 Å². The summed E-state index contributed by atoms with van der Waals surface area (Å²) in [5.74, 6) is -0.794. The van der Waals surface area contributed by atoms with Gasteiger partial charge in [0.2, 0.25) is 5.82 Å². The van der Waals surface area contributed by atoms with Crippen LogP contribution in [-0.2, 0) is 0 Å². The van der Waals surface area contributed by atoms with E-state index in [1.807, 2.05) is 0 Å². The zero-order chi connectivity index (χ0) is 14.1. The Labute approximate surface area is 113 Å². The molecule has 0 saturated carbocycles. The van der Waals surface area contributed by atoms with Gasteiger partial charge in [0.15, 0.2) is 0 Å². The molecule has 0 atom stereocenters. The molecule has 5 heteroatoms. The zero-order valence-corrected chi connectivity index (χ0v) is 11.3. The molecule has 106 valence electrons. The first-order chi connectivity index (χ1) is 9.16. The number of benzene rings is 1. The van der Waals surface area contributed by atoms with Crippen LogP contribution < -0.4 is 5.32 Å². The maximum Gasteiger partial charge on any atom is 0.327 e. The number of rotatable bonds is 9. The second-order valence-corrected chi connectivity index (χ2v) is 4.59. The Morgan fingerprint density at radius 3 is 2.58 bits per heavy atom. The lowest BCUT2D eigenvalue weighted by Crippen LogP contribution is -2.05. The Balaban J connectivity index is 2.37. The summed E-state index contributed by atoms with van der Waals surface area (Å²) in [5.41, 5.74) is -0.202. The Morgan fingerprint density at radius 1 is 1.21 bits per heavy atom. The number of nitrogens with one attached hydrogen (secondary N) is 1. The van der Waals surface area contributed by atoms with E-state index in [4.69, 9.17) is 0 Å². The van der Waals surface area contributed by atoms with Crippen LogP contribution in [-0.4, -0.2) is 11.5 Å². The molecule has 0 aliphatic heterocycles. The maximum absolute atomic E-state index is 13.3. The molecule has 19 heavy (non-hydrogen) atoms. The van der Waals surface area contributed by atoms with Gasteiger partial charge in [-0.15, -0.1) is 0 Å². The first-order valence-electron chi connectivity index (χ1n) is 6.83. The van der Waals surface area contributed by atoms with Crippen LogP contribution in [0, 0.1) is 15.9 Å². The fourth-order valence-corrected chi connectivity index (χ4v) is 1.97. The lowest BCUT2D eigenvalue weighted by Gasteiger charge is -2.07. The summed E-state index contributed by atoms with van der Waals surface area (Å²) in [6, 6.07) is 4.12. The molecule has 0 radical (unpaired) electrons. The van der Waals surface area contributed by atoms with Crippen LogP contribution in [0.5, 0.6) is 0 Å². The lowest BCUT2D eigenvalue weighted by molar-refractivity contribution is -0.386. The maximum atomic E-state index is 13.3. The van der Waals surface area contributed by atoms with E-state index >= 15 is 0 Å². The van der Waals surface area contributed by atoms with Crippen LogP contribution in [0.2, 0.25) is 0 Å². The third-order valence-electron chi connectivity index (χ3n) is 3.02. The molecule has 0 saturated heterocycles. The van der Waals surface area contributed by atoms with E-state index in [0.29, 0.717) is 6.54 Å². The molecular formula is C14H21FN2O2. The monoisotopic (exact) mass is 268 g/mol. The number of halogens is 1. The van der Waals surface area contributed by atoms with Crippen LogP contribution in [0.4, 0.5) is 15.8 Å². The van der Waals surface area contributed by atoms with Gasteiger partial charge in [0.1, 0.15) is 5.69 Å². The number of nitro groups is 1. The van der Waals surface area contributed by atoms with Gasteiger partial charge in [0, 0.05) is 6.54 Å². The minimum Gasteiger partial charge on any atom is -0.379 e. The molecule has 1 aromatic carbocycles. The fraction of sp³-hybridized carbons (Fsp3) is 0.571. The number of nitro benzene ring substituents is 1. The summed E-state index contributed by atoms with van der Waals surface area (Å²) < 4.78 is 13.3. The van der Waals surface area contributed by atoms with Gasteiger partial charge in [-0.1, -0.05) is 45.1 Å². The van der Waals surface area contributed by atoms with E-state index in [1.165, 1.54) is 37.8 Å². The number of hydrogen-bond acceptors (Lipinski definition) is 3. The molecule has 1 rings (SSSR count). The normalized spacial score (nSPS) is 10.4. The third-order valence-corrected chi connectivity index (χ3v) is 3.02. The summed E-state index contributed by atoms with van der Waals surface area (Å²) in [5, 5.41) is 13.7. The highest BCUT2D eigenvalue weighted by Crippen LogP contribution is 2.27. The predicted octanol–water partition coefficient (Wildman–Crippen LogP) is 4.51. The molecule has 0 spiro atoms. The van der Waals surface area contributed by atoms with Crippen LogP contribution in [0.3, 0.4) is 0 Å². The molecular weight excluding hydrogens is 247 g/mol. The molecule has 0 fully saturated rings. The molecule has 0 aliphatic rings. The Kier molecular flexibility index (Phi) is 6.85. The average molecular weight is 268 g/mol. The van der Waals surface area contributed by atoms with E-state index in [1.54, 1.807) is 0 Å². The van der Waals surface area contributed by atoms with Crippen molar-refractivity contribution in [3.63, 3.8) is 0 Å². The van der Waals surface area contributed by atoms with Gasteiger partial charge in [-0.05, 0) is 18.6 Å². The SMILES string of the molecule is CCCCCCCCNc1cccc(F)c1[N+](=O)[O-]. The van der Waals surface area contributed by atoms with Gasteiger partial charge < -0.3 is 5.32 Å². The summed E-state index contributed by atoms with van der Waals surface area (Å²) in [7, 11) is 0. The largest absolute Gasteiger partial charge is 0.379 e. The topological polar surface area (TPSA) is 55.2 Å². The second kappa shape index (κ2) is 8.45. The highest BCUT2D eigenvalue weighted by Gasteiger charge is 2.18. The quantitative estimate of drug-likeness (QED) is 0.407. The van der Waals surface area contributed by atoms with Crippen molar-refractivity contribution in [3.8, 4) is 0 Å². The number of anilines is 1. The van der Waals surface area contributed by atoms with E-state index in [0.717, 1.165) is 18.9 Å². The van der Waals surface area contributed by atoms with Crippen molar-refractivity contribution >= 4 is 11.4 Å². The van der Waals surface area contributed by atoms with Crippen molar-refractivity contribution in [2.45, 2.75) is 45.4 Å². The van der Waals surface area contributed by atoms with Crippen molar-refractivity contribution in [1.82, 2.24) is 0 Å². The van der Waals surface area contributed by atoms with Crippen molar-refractivity contribution < 1.29 is 9.31 Å². The molecule has 1 N–H and O–H groups in total. The summed E-state index contributed by atoms with van der Waals surface area (Å²) in [6.45, 7) is 2.81. The highest BCUT2D eigenvalue weighted by molar-refractivity contribution is 5.61. The van der Waals surface area contributed by atoms with E-state index in [-0.39, 0.29) is 5.69 Å². The number of hydrogen-bond donors (Lipinski definition) is 1. The summed E-state index contributed by atoms with van der Waals surface area (Å²) in [6.07, 6.45) is 6.92. The Hall–Kier alpha value is -1.65. The summed E-state index contributed by atoms with van der Waals surface area (Å²) in [4.78, 5) is 10.1. The van der Waals surface area contributed by atoms with Crippen molar-refractivity contribution in [2.75, 3.05) is 11.9 Å². The second-order valence-electron chi connectivity index (χ2n) is 4.59. The molecule has 0 bridgehead atoms. The van der Waals surface area contributed by atoms with Gasteiger partial charge in [0.25, 0.3) is 0 Å². The van der Waals surface area contributed by atoms with Gasteiger partial charge in [-0.3, -0.25) is 10.1 Å². The molecule has 0 amide bonds. The van der Waals surface area contributed by atoms with E-state index in [2.05, 4.69) is 12.2 Å². The first-order valence-corrected chi connectivity index (χ1v) is 6.83. The molecule has 0 heterocycles. The first kappa shape index (κ1) is 15.4. The Bertz CT molecular complexity index is 410. The van der Waals surface area contributed by atoms with E-state index in [9.17, 15) is 14.5 Å². The molecule has 0 aromatic heterocycles. The van der Waals surface area contributed by atoms with Crippen LogP contribution >= 0.6 is 0 Å². The summed E-state index contributed by atoms with van der Waals surface area (Å²) >= 11 is 0. The molecule has 0 aliphatic carbocycles. The predicted molar refractivity (Wildman–Crippen MR) is 74.9 cm³/mol. The van der Waals surface area contributed by atoms with Crippen molar-refractivity contribution in [2.24, 2.45) is 0 Å². The van der Waals surface area contributed by atoms with Gasteiger partial charge in [0.05, 0.1) is 4.92 Å². The molecule has 0 unspecified atom stereocenters. The lowest BCUT2D eigenvalue weighted by atomic mass is 10.1. The van der Waals surface area contributed by atoms with Crippen molar-refractivity contribution in [1.29, 1.82) is 0 Å². The number of nitrogens with zero attached hydrogens (tertiary/aromatic N) is 1. The highest BCUT2D eigenvalue weighted by atomic mass is 19.1. The molecule has 4 nitrogen and oxygen atoms in total. The molecule has 1 aromatic rings. The smallest absolute Gasteiger partial charge is 0.327 e. The van der Waals surface area contributed by atoms with Gasteiger partial charge in [-0.2, -0.15) is 4.39 Å². The Morgan fingerprint density at radius 2 is 1.89 bits per heavy atom. The minimum atomic E-state index is -0.794. The third kappa shape index (κ3) is 5.24. The van der Waals surface area contributed by atoms with Crippen molar-refractivity contribution in [3.05, 3.63) is 34.1 Å².